The molecule has 1 heterocycles. The van der Waals surface area contributed by atoms with Crippen molar-refractivity contribution >= 4 is 40.3 Å². The maximum absolute atomic E-state index is 11.9. The Bertz CT molecular complexity index is 1160. The first-order chi connectivity index (χ1) is 17.4. The third kappa shape index (κ3) is 8.50. The van der Waals surface area contributed by atoms with Crippen LogP contribution in [0.15, 0.2) is 47.4 Å². The number of carbonyl (C=O) groups is 1. The quantitative estimate of drug-likeness (QED) is 0.349. The minimum Gasteiger partial charge on any atom is -0.331 e. The van der Waals surface area contributed by atoms with Gasteiger partial charge in [0.2, 0.25) is 5.91 Å². The lowest BCUT2D eigenvalue weighted by Crippen LogP contribution is -2.27. The van der Waals surface area contributed by atoms with Crippen LogP contribution in [0, 0.1) is 5.92 Å². The van der Waals surface area contributed by atoms with Crippen LogP contribution in [0.1, 0.15) is 65.6 Å². The highest BCUT2D eigenvalue weighted by Gasteiger charge is 2.21. The van der Waals surface area contributed by atoms with Crippen LogP contribution in [-0.4, -0.2) is 48.0 Å². The Kier molecular flexibility index (Phi) is 10.1. The van der Waals surface area contributed by atoms with E-state index in [9.17, 15) is 4.79 Å². The predicted molar refractivity (Wildman–Crippen MR) is 160 cm³/mol. The fraction of sp³-hybridized carbons (Fsp3) is 0.533. The number of rotatable bonds is 6. The van der Waals surface area contributed by atoms with Gasteiger partial charge in [-0.3, -0.25) is 4.79 Å². The van der Waals surface area contributed by atoms with E-state index < -0.39 is 0 Å². The van der Waals surface area contributed by atoms with Crippen molar-refractivity contribution in [2.75, 3.05) is 37.3 Å². The van der Waals surface area contributed by atoms with Crippen LogP contribution in [0.4, 0.5) is 11.4 Å². The van der Waals surface area contributed by atoms with Gasteiger partial charge < -0.3 is 19.1 Å². The number of imidazole rings is 1. The molecule has 1 N–H and O–H groups in total. The van der Waals surface area contributed by atoms with Gasteiger partial charge in [0.25, 0.3) is 0 Å². The number of hydrogen-bond acceptors (Lipinski definition) is 5. The van der Waals surface area contributed by atoms with Crippen molar-refractivity contribution in [3.8, 4) is 0 Å². The topological polar surface area (TPSA) is 53.4 Å². The third-order valence-electron chi connectivity index (χ3n) is 6.63. The van der Waals surface area contributed by atoms with Gasteiger partial charge in [-0.05, 0) is 74.4 Å². The van der Waals surface area contributed by atoms with Crippen LogP contribution in [0.5, 0.6) is 0 Å². The van der Waals surface area contributed by atoms with Gasteiger partial charge in [-0.25, -0.2) is 4.98 Å². The number of aryl methyl sites for hydroxylation is 1. The Balaban J connectivity index is 0.000000468. The number of amides is 1. The van der Waals surface area contributed by atoms with Gasteiger partial charge in [-0.1, -0.05) is 59.8 Å². The zero-order valence-corrected chi connectivity index (χ0v) is 24.8. The van der Waals surface area contributed by atoms with Crippen LogP contribution in [0.2, 0.25) is 0 Å². The molecule has 0 bridgehead atoms. The molecule has 0 radical (unpaired) electrons. The van der Waals surface area contributed by atoms with Crippen LogP contribution >= 0.6 is 11.9 Å². The highest BCUT2D eigenvalue weighted by Crippen LogP contribution is 2.32. The summed E-state index contributed by atoms with van der Waals surface area (Å²) in [5, 5.41) is 2.91. The van der Waals surface area contributed by atoms with Gasteiger partial charge in [-0.2, -0.15) is 0 Å². The summed E-state index contributed by atoms with van der Waals surface area (Å²) in [6, 6.07) is 14.3. The van der Waals surface area contributed by atoms with E-state index in [4.69, 9.17) is 4.98 Å². The lowest BCUT2D eigenvalue weighted by Gasteiger charge is -2.18. The zero-order chi connectivity index (χ0) is 27.2. The molecule has 1 fully saturated rings. The molecule has 0 atom stereocenters. The van der Waals surface area contributed by atoms with E-state index in [1.54, 1.807) is 11.9 Å². The number of likely N-dealkylation sites (N-methyl/N-ethyl adjacent to an activating group) is 1. The second-order valence-corrected chi connectivity index (χ2v) is 12.8. The highest BCUT2D eigenvalue weighted by atomic mass is 32.2. The number of aromatic nitrogens is 2. The summed E-state index contributed by atoms with van der Waals surface area (Å²) in [4.78, 5) is 19.7. The first-order valence-electron chi connectivity index (χ1n) is 13.4. The lowest BCUT2D eigenvalue weighted by atomic mass is 9.91. The predicted octanol–water partition coefficient (Wildman–Crippen LogP) is 7.10. The molecule has 1 aliphatic carbocycles. The molecule has 3 aromatic rings. The third-order valence-corrected chi connectivity index (χ3v) is 7.60. The fourth-order valence-electron chi connectivity index (χ4n) is 4.66. The summed E-state index contributed by atoms with van der Waals surface area (Å²) in [5.41, 5.74) is 4.04. The van der Waals surface area contributed by atoms with Gasteiger partial charge >= 0.3 is 0 Å². The van der Waals surface area contributed by atoms with Gasteiger partial charge in [-0.15, -0.1) is 0 Å². The molecule has 0 spiro atoms. The maximum Gasteiger partial charge on any atom is 0.238 e. The molecule has 1 amide bonds. The van der Waals surface area contributed by atoms with Crippen LogP contribution in [-0.2, 0) is 17.3 Å². The number of fused-ring (bicyclic) bond motifs is 1. The molecule has 0 saturated heterocycles. The van der Waals surface area contributed by atoms with E-state index in [2.05, 4.69) is 67.1 Å². The summed E-state index contributed by atoms with van der Waals surface area (Å²) in [5.74, 6) is 2.10. The summed E-state index contributed by atoms with van der Waals surface area (Å²) >= 11 is 1.64. The highest BCUT2D eigenvalue weighted by molar-refractivity contribution is 8.00. The molecule has 6 nitrogen and oxygen atoms in total. The van der Waals surface area contributed by atoms with Gasteiger partial charge in [0.15, 0.2) is 0 Å². The average Bonchev–Trinajstić information content (AvgIpc) is 3.17. The minimum absolute atomic E-state index is 0.00169. The van der Waals surface area contributed by atoms with Crippen molar-refractivity contribution in [2.24, 2.45) is 13.0 Å². The van der Waals surface area contributed by atoms with E-state index in [0.717, 1.165) is 39.0 Å². The average molecular weight is 524 g/mol. The molecule has 1 aromatic heterocycles. The van der Waals surface area contributed by atoms with E-state index in [1.807, 2.05) is 50.3 Å². The molecule has 7 heteroatoms. The number of nitrogens with one attached hydrogen (secondary N) is 1. The number of anilines is 2. The standard InChI is InChI=1S/C23H31N5OS.C7H14/c1-23(2,3)22-25-19-14-17(10-13-20(19)27(22)6)28(7)30-18-11-8-16(9-12-18)24-21(29)15-26(4)5;1-7-5-3-2-4-6-7/h8-14H,15H2,1-7H3,(H,24,29);7H,2-6H2,1H3. The second-order valence-electron chi connectivity index (χ2n) is 11.6. The first kappa shape index (κ1) is 29.1. The van der Waals surface area contributed by atoms with Gasteiger partial charge in [0.1, 0.15) is 5.82 Å². The summed E-state index contributed by atoms with van der Waals surface area (Å²) < 4.78 is 4.31. The van der Waals surface area contributed by atoms with Crippen molar-refractivity contribution in [1.82, 2.24) is 14.5 Å². The van der Waals surface area contributed by atoms with Crippen molar-refractivity contribution in [1.29, 1.82) is 0 Å². The molecular formula is C30H45N5OS. The van der Waals surface area contributed by atoms with Crippen molar-refractivity contribution in [2.45, 2.75) is 70.1 Å². The van der Waals surface area contributed by atoms with Crippen LogP contribution < -0.4 is 9.62 Å². The first-order valence-corrected chi connectivity index (χ1v) is 14.1. The zero-order valence-electron chi connectivity index (χ0n) is 24.0. The summed E-state index contributed by atoms with van der Waals surface area (Å²) in [6.45, 7) is 9.28. The van der Waals surface area contributed by atoms with Gasteiger partial charge in [0, 0.05) is 35.8 Å². The normalized spacial score (nSPS) is 14.4. The number of hydrogen-bond donors (Lipinski definition) is 1. The molecule has 1 saturated carbocycles. The monoisotopic (exact) mass is 523 g/mol. The van der Waals surface area contributed by atoms with E-state index in [1.165, 1.54) is 32.1 Å². The van der Waals surface area contributed by atoms with Crippen molar-refractivity contribution in [3.05, 3.63) is 48.3 Å². The van der Waals surface area contributed by atoms with Crippen molar-refractivity contribution in [3.63, 3.8) is 0 Å². The molecular weight excluding hydrogens is 478 g/mol. The molecule has 4 rings (SSSR count). The van der Waals surface area contributed by atoms with E-state index in [0.29, 0.717) is 6.54 Å². The van der Waals surface area contributed by atoms with E-state index in [-0.39, 0.29) is 11.3 Å². The Labute approximate surface area is 228 Å². The second kappa shape index (κ2) is 12.8. The molecule has 0 aliphatic heterocycles. The summed E-state index contributed by atoms with van der Waals surface area (Å²) in [6.07, 6.45) is 7.44. The molecule has 202 valence electrons. The number of benzene rings is 2. The lowest BCUT2D eigenvalue weighted by molar-refractivity contribution is -0.116. The van der Waals surface area contributed by atoms with Crippen molar-refractivity contribution < 1.29 is 4.79 Å². The molecule has 1 aliphatic rings. The fourth-order valence-corrected chi connectivity index (χ4v) is 5.45. The Morgan fingerprint density at radius 1 is 1.05 bits per heavy atom. The largest absolute Gasteiger partial charge is 0.331 e. The molecule has 37 heavy (non-hydrogen) atoms. The minimum atomic E-state index is -0.0178. The molecule has 0 unspecified atom stereocenters. The summed E-state index contributed by atoms with van der Waals surface area (Å²) in [7, 11) is 7.88. The van der Waals surface area contributed by atoms with Crippen LogP contribution in [0.3, 0.4) is 0 Å². The Hall–Kier alpha value is -2.51. The number of carbonyl (C=O) groups excluding carboxylic acids is 1. The smallest absolute Gasteiger partial charge is 0.238 e. The number of nitrogens with zero attached hydrogens (tertiary/aromatic N) is 4. The van der Waals surface area contributed by atoms with Gasteiger partial charge in [0.05, 0.1) is 17.6 Å². The maximum atomic E-state index is 11.9. The van der Waals surface area contributed by atoms with Crippen LogP contribution in [0.25, 0.3) is 11.0 Å². The SMILES string of the molecule is CC1CCCCC1.CN(C)CC(=O)Nc1ccc(SN(C)c2ccc3c(c2)nc(C(C)(C)C)n3C)cc1. The molecule has 2 aromatic carbocycles. The Morgan fingerprint density at radius 2 is 1.70 bits per heavy atom. The Morgan fingerprint density at radius 3 is 2.24 bits per heavy atom. The van der Waals surface area contributed by atoms with E-state index >= 15 is 0 Å².